The van der Waals surface area contributed by atoms with E-state index < -0.39 is 15.8 Å². The number of hydrogen-bond donors (Lipinski definition) is 2. The molecule has 0 aromatic heterocycles. The maximum atomic E-state index is 11.9. The Hall–Kier alpha value is -1.51. The second kappa shape index (κ2) is 15.3. The van der Waals surface area contributed by atoms with Gasteiger partial charge in [-0.25, -0.2) is 8.42 Å². The minimum absolute atomic E-state index is 0.115. The quantitative estimate of drug-likeness (QED) is 0.266. The van der Waals surface area contributed by atoms with E-state index in [9.17, 15) is 22.7 Å². The second-order valence-corrected chi connectivity index (χ2v) is 21.0. The number of allylic oxidation sites excluding steroid dienone is 5. The Kier molecular flexibility index (Phi) is 12.2. The standard InChI is InChI=1S/C39H62N2O4S.C3H6.CH3F/c1-35(2)29(27-8-10-28(11-9-27)34(42)43)14-17-36(3)32(35)15-18-38(5)33(36)13-12-30-31-7-6-16-39(31,20-19-37(30,38)4)40-21-22-41-23-25-46(44,45)26-24-41;1-3-2;1-2/h8,14,28,30-33,40H,6-7,9-13,15-26H2,1-5H3,(H,42,43);3H,1H2,2H3;1H3/t28?,30?,31-,32?,33?,36?,37-,38?,39?;;/m1../s1. The van der Waals surface area contributed by atoms with E-state index in [0.717, 1.165) is 43.7 Å². The molecule has 290 valence electrons. The SMILES string of the molecule is C=CC.CC1(C)C(C2=CCC(C(=O)O)CC2)=CCC2(C)C1CCC1(C)C2CCC2[C@H]3CCCC3(NCCN3CCS(=O)(=O)CC3)CC[C@]21C.CF. The normalized spacial score (nSPS) is 42.4. The number of nitrogens with one attached hydrogen (secondary N) is 1. The highest BCUT2D eigenvalue weighted by molar-refractivity contribution is 7.91. The molecule has 0 amide bonds. The van der Waals surface area contributed by atoms with Crippen molar-refractivity contribution >= 4 is 15.8 Å². The van der Waals surface area contributed by atoms with Crippen LogP contribution in [0.15, 0.2) is 36.0 Å². The van der Waals surface area contributed by atoms with Crippen LogP contribution in [0.5, 0.6) is 0 Å². The van der Waals surface area contributed by atoms with Crippen LogP contribution in [0.2, 0.25) is 0 Å². The average molecular weight is 731 g/mol. The molecule has 1 saturated heterocycles. The third-order valence-corrected chi connectivity index (χ3v) is 18.0. The smallest absolute Gasteiger partial charge is 0.306 e. The Morgan fingerprint density at radius 2 is 1.63 bits per heavy atom. The third-order valence-electron chi connectivity index (χ3n) is 16.4. The number of rotatable bonds is 6. The summed E-state index contributed by atoms with van der Waals surface area (Å²) < 4.78 is 33.4. The molecule has 0 spiro atoms. The highest BCUT2D eigenvalue weighted by Crippen LogP contribution is 2.76. The van der Waals surface area contributed by atoms with Crippen molar-refractivity contribution in [2.24, 2.45) is 51.2 Å². The van der Waals surface area contributed by atoms with Gasteiger partial charge in [-0.2, -0.15) is 0 Å². The molecular formula is C43H71FN2O4S. The van der Waals surface area contributed by atoms with Gasteiger partial charge in [0.15, 0.2) is 9.84 Å². The van der Waals surface area contributed by atoms with Crippen LogP contribution in [-0.4, -0.2) is 74.8 Å². The number of carboxylic acids is 1. The number of nitrogens with zero attached hydrogens (tertiary/aromatic N) is 1. The molecular weight excluding hydrogens is 660 g/mol. The van der Waals surface area contributed by atoms with Crippen LogP contribution in [0, 0.1) is 51.2 Å². The van der Waals surface area contributed by atoms with E-state index in [1.54, 1.807) is 6.08 Å². The summed E-state index contributed by atoms with van der Waals surface area (Å²) in [5, 5.41) is 13.7. The highest BCUT2D eigenvalue weighted by atomic mass is 32.2. The van der Waals surface area contributed by atoms with Crippen molar-refractivity contribution in [1.82, 2.24) is 10.2 Å². The number of fused-ring (bicyclic) bond motifs is 7. The molecule has 0 radical (unpaired) electrons. The molecule has 7 unspecified atom stereocenters. The van der Waals surface area contributed by atoms with E-state index in [2.05, 4.69) is 63.6 Å². The zero-order valence-electron chi connectivity index (χ0n) is 33.2. The fraction of sp³-hybridized carbons (Fsp3) is 0.837. The monoisotopic (exact) mass is 731 g/mol. The van der Waals surface area contributed by atoms with Crippen molar-refractivity contribution in [3.05, 3.63) is 36.0 Å². The van der Waals surface area contributed by atoms with Crippen LogP contribution < -0.4 is 5.32 Å². The van der Waals surface area contributed by atoms with Gasteiger partial charge in [0.25, 0.3) is 0 Å². The number of sulfone groups is 1. The Morgan fingerprint density at radius 3 is 2.25 bits per heavy atom. The third kappa shape index (κ3) is 7.10. The van der Waals surface area contributed by atoms with E-state index in [1.807, 2.05) is 6.92 Å². The first-order valence-electron chi connectivity index (χ1n) is 20.3. The first-order valence-corrected chi connectivity index (χ1v) is 22.1. The Balaban J connectivity index is 0.000000959. The van der Waals surface area contributed by atoms with Gasteiger partial charge in [-0.1, -0.05) is 59.3 Å². The Morgan fingerprint density at radius 1 is 0.941 bits per heavy atom. The summed E-state index contributed by atoms with van der Waals surface area (Å²) in [5.41, 5.74) is 4.39. The van der Waals surface area contributed by atoms with Gasteiger partial charge >= 0.3 is 5.97 Å². The predicted molar refractivity (Wildman–Crippen MR) is 208 cm³/mol. The lowest BCUT2D eigenvalue weighted by Crippen LogP contribution is -2.67. The summed E-state index contributed by atoms with van der Waals surface area (Å²) in [6.45, 7) is 21.7. The molecule has 5 fully saturated rings. The van der Waals surface area contributed by atoms with Crippen LogP contribution in [0.4, 0.5) is 4.39 Å². The van der Waals surface area contributed by atoms with E-state index >= 15 is 0 Å². The minimum Gasteiger partial charge on any atom is -0.481 e. The van der Waals surface area contributed by atoms with Crippen molar-refractivity contribution < 1.29 is 22.7 Å². The molecule has 2 N–H and O–H groups in total. The van der Waals surface area contributed by atoms with Gasteiger partial charge in [-0.3, -0.25) is 9.18 Å². The molecule has 7 rings (SSSR count). The number of carbonyl (C=O) groups is 1. The molecule has 51 heavy (non-hydrogen) atoms. The van der Waals surface area contributed by atoms with Crippen LogP contribution in [0.25, 0.3) is 0 Å². The largest absolute Gasteiger partial charge is 0.481 e. The number of carboxylic acid groups (broad SMARTS) is 1. The lowest BCUT2D eigenvalue weighted by molar-refractivity contribution is -0.218. The predicted octanol–water partition coefficient (Wildman–Crippen LogP) is 9.04. The van der Waals surface area contributed by atoms with Crippen molar-refractivity contribution in [3.8, 4) is 0 Å². The van der Waals surface area contributed by atoms with Crippen LogP contribution in [0.3, 0.4) is 0 Å². The minimum atomic E-state index is -2.83. The molecule has 1 aliphatic heterocycles. The fourth-order valence-electron chi connectivity index (χ4n) is 13.8. The molecule has 0 aromatic carbocycles. The zero-order valence-corrected chi connectivity index (χ0v) is 34.0. The molecule has 0 bridgehead atoms. The van der Waals surface area contributed by atoms with Gasteiger partial charge in [0.1, 0.15) is 0 Å². The molecule has 9 atom stereocenters. The van der Waals surface area contributed by atoms with Gasteiger partial charge in [0.2, 0.25) is 0 Å². The Bertz CT molecular complexity index is 1440. The number of hydrogen-bond acceptors (Lipinski definition) is 5. The fourth-order valence-corrected chi connectivity index (χ4v) is 15.0. The van der Waals surface area contributed by atoms with E-state index in [-0.39, 0.29) is 16.9 Å². The van der Waals surface area contributed by atoms with Crippen molar-refractivity contribution in [1.29, 1.82) is 0 Å². The van der Waals surface area contributed by atoms with Gasteiger partial charge in [0.05, 0.1) is 24.6 Å². The van der Waals surface area contributed by atoms with Gasteiger partial charge in [-0.05, 0) is 140 Å². The number of aliphatic carboxylic acids is 1. The Labute approximate surface area is 310 Å². The summed E-state index contributed by atoms with van der Waals surface area (Å²) >= 11 is 0. The van der Waals surface area contributed by atoms with Crippen molar-refractivity contribution in [2.75, 3.05) is 44.9 Å². The molecule has 0 aromatic rings. The van der Waals surface area contributed by atoms with Gasteiger partial charge < -0.3 is 15.3 Å². The summed E-state index contributed by atoms with van der Waals surface area (Å²) in [5.74, 6) is 2.74. The van der Waals surface area contributed by atoms with Gasteiger partial charge in [-0.15, -0.1) is 6.58 Å². The first kappa shape index (κ1) is 40.7. The van der Waals surface area contributed by atoms with E-state index in [1.165, 1.54) is 75.4 Å². The lowest BCUT2D eigenvalue weighted by atomic mass is 9.33. The molecule has 7 aliphatic rings. The number of alkyl halides is 1. The number of halogens is 1. The maximum absolute atomic E-state index is 11.9. The van der Waals surface area contributed by atoms with Crippen LogP contribution in [-0.2, 0) is 14.6 Å². The second-order valence-electron chi connectivity index (χ2n) is 18.7. The van der Waals surface area contributed by atoms with E-state index in [4.69, 9.17) is 0 Å². The van der Waals surface area contributed by atoms with Crippen molar-refractivity contribution in [2.45, 2.75) is 131 Å². The maximum Gasteiger partial charge on any atom is 0.306 e. The van der Waals surface area contributed by atoms with Crippen LogP contribution >= 0.6 is 0 Å². The molecule has 6 nitrogen and oxygen atoms in total. The van der Waals surface area contributed by atoms with Gasteiger partial charge in [0, 0.05) is 31.7 Å². The summed E-state index contributed by atoms with van der Waals surface area (Å²) in [4.78, 5) is 14.0. The summed E-state index contributed by atoms with van der Waals surface area (Å²) in [6.07, 6.45) is 22.2. The molecule has 6 aliphatic carbocycles. The first-order chi connectivity index (χ1) is 24.1. The van der Waals surface area contributed by atoms with Crippen molar-refractivity contribution in [3.63, 3.8) is 0 Å². The molecule has 8 heteroatoms. The van der Waals surface area contributed by atoms with Crippen LogP contribution in [0.1, 0.15) is 125 Å². The van der Waals surface area contributed by atoms with E-state index in [0.29, 0.717) is 60.4 Å². The highest BCUT2D eigenvalue weighted by Gasteiger charge is 2.69. The zero-order chi connectivity index (χ0) is 37.5. The average Bonchev–Trinajstić information content (AvgIpc) is 3.51. The molecule has 1 heterocycles. The summed E-state index contributed by atoms with van der Waals surface area (Å²) in [7, 11) is -2.33. The summed E-state index contributed by atoms with van der Waals surface area (Å²) in [6, 6.07) is 0. The lowest BCUT2D eigenvalue weighted by Gasteiger charge is -2.72. The topological polar surface area (TPSA) is 86.7 Å². The molecule has 4 saturated carbocycles.